The van der Waals surface area contributed by atoms with Gasteiger partial charge in [0.05, 0.1) is 11.5 Å². The van der Waals surface area contributed by atoms with E-state index in [1.165, 1.54) is 0 Å². The lowest BCUT2D eigenvalue weighted by Crippen LogP contribution is -2.44. The van der Waals surface area contributed by atoms with E-state index < -0.39 is 5.41 Å². The fourth-order valence-corrected chi connectivity index (χ4v) is 4.89. The summed E-state index contributed by atoms with van der Waals surface area (Å²) >= 11 is 7.85. The summed E-state index contributed by atoms with van der Waals surface area (Å²) in [7, 11) is 0. The Kier molecular flexibility index (Phi) is 6.11. The average Bonchev–Trinajstić information content (AvgIpc) is 3.40. The third-order valence-corrected chi connectivity index (χ3v) is 6.75. The second-order valence-electron chi connectivity index (χ2n) is 7.59. The van der Waals surface area contributed by atoms with Gasteiger partial charge in [-0.25, -0.2) is 0 Å². The predicted molar refractivity (Wildman–Crippen MR) is 118 cm³/mol. The van der Waals surface area contributed by atoms with Gasteiger partial charge in [-0.15, -0.1) is 10.2 Å². The van der Waals surface area contributed by atoms with E-state index in [0.29, 0.717) is 5.02 Å². The van der Waals surface area contributed by atoms with Crippen molar-refractivity contribution < 1.29 is 4.79 Å². The van der Waals surface area contributed by atoms with Crippen LogP contribution in [0.25, 0.3) is 5.65 Å². The van der Waals surface area contributed by atoms with Gasteiger partial charge in [0.25, 0.3) is 0 Å². The first-order valence-corrected chi connectivity index (χ1v) is 11.8. The van der Waals surface area contributed by atoms with Gasteiger partial charge in [0.1, 0.15) is 0 Å². The van der Waals surface area contributed by atoms with Crippen LogP contribution >= 0.6 is 23.4 Å². The highest BCUT2D eigenvalue weighted by Gasteiger charge is 2.43. The molecule has 1 N–H and O–H groups in total. The molecular formula is C22H25ClN4OS. The summed E-state index contributed by atoms with van der Waals surface area (Å²) in [5, 5.41) is 12.7. The van der Waals surface area contributed by atoms with Crippen molar-refractivity contribution in [2.45, 2.75) is 43.6 Å². The van der Waals surface area contributed by atoms with Crippen molar-refractivity contribution in [2.24, 2.45) is 0 Å². The van der Waals surface area contributed by atoms with Crippen molar-refractivity contribution in [3.8, 4) is 0 Å². The molecule has 0 saturated heterocycles. The highest BCUT2D eigenvalue weighted by atomic mass is 35.5. The Morgan fingerprint density at radius 3 is 2.69 bits per heavy atom. The number of hydrogen-bond acceptors (Lipinski definition) is 4. The maximum atomic E-state index is 13.6. The minimum atomic E-state index is -0.497. The van der Waals surface area contributed by atoms with E-state index in [9.17, 15) is 4.79 Å². The SMILES string of the molecule is CSCCC(NC(=O)C1(c2ccc(Cl)cc2)CCCC1)c1nnc2ccccn12. The fraction of sp³-hybridized carbons (Fsp3) is 0.409. The molecule has 0 radical (unpaired) electrons. The van der Waals surface area contributed by atoms with Gasteiger partial charge in [0, 0.05) is 11.2 Å². The van der Waals surface area contributed by atoms with E-state index in [2.05, 4.69) is 21.8 Å². The number of aromatic nitrogens is 3. The summed E-state index contributed by atoms with van der Waals surface area (Å²) in [6.45, 7) is 0. The van der Waals surface area contributed by atoms with Crippen LogP contribution in [0.2, 0.25) is 5.02 Å². The van der Waals surface area contributed by atoms with E-state index >= 15 is 0 Å². The number of nitrogens with one attached hydrogen (secondary N) is 1. The summed E-state index contributed by atoms with van der Waals surface area (Å²) in [6.07, 6.45) is 8.66. The zero-order chi connectivity index (χ0) is 20.3. The minimum Gasteiger partial charge on any atom is -0.345 e. The molecule has 1 fully saturated rings. The summed E-state index contributed by atoms with van der Waals surface area (Å²) in [4.78, 5) is 13.6. The largest absolute Gasteiger partial charge is 0.345 e. The quantitative estimate of drug-likeness (QED) is 0.586. The van der Waals surface area contributed by atoms with Crippen molar-refractivity contribution >= 4 is 34.9 Å². The smallest absolute Gasteiger partial charge is 0.231 e. The number of carbonyl (C=O) groups excluding carboxylic acids is 1. The highest BCUT2D eigenvalue weighted by molar-refractivity contribution is 7.98. The number of rotatable bonds is 7. The second-order valence-corrected chi connectivity index (χ2v) is 9.01. The molecule has 1 amide bonds. The number of amides is 1. The van der Waals surface area contributed by atoms with Gasteiger partial charge >= 0.3 is 0 Å². The van der Waals surface area contributed by atoms with E-state index in [1.807, 2.05) is 53.1 Å². The number of halogens is 1. The lowest BCUT2D eigenvalue weighted by atomic mass is 9.77. The average molecular weight is 429 g/mol. The molecule has 1 aromatic carbocycles. The van der Waals surface area contributed by atoms with Gasteiger partial charge in [-0.1, -0.05) is 42.6 Å². The Morgan fingerprint density at radius 1 is 1.21 bits per heavy atom. The van der Waals surface area contributed by atoms with Crippen LogP contribution in [0, 0.1) is 0 Å². The summed E-state index contributed by atoms with van der Waals surface area (Å²) in [5.74, 6) is 1.80. The number of pyridine rings is 1. The predicted octanol–water partition coefficient (Wildman–Crippen LogP) is 4.81. The monoisotopic (exact) mass is 428 g/mol. The standard InChI is InChI=1S/C22H25ClN4OS/c1-29-15-11-18(20-26-25-19-6-2-5-14-27(19)20)24-21(28)22(12-3-4-13-22)16-7-9-17(23)10-8-16/h2,5-10,14,18H,3-4,11-13,15H2,1H3,(H,24,28). The van der Waals surface area contributed by atoms with Crippen molar-refractivity contribution in [3.05, 3.63) is 65.1 Å². The Morgan fingerprint density at radius 2 is 1.97 bits per heavy atom. The number of carbonyl (C=O) groups is 1. The molecule has 1 unspecified atom stereocenters. The van der Waals surface area contributed by atoms with Crippen molar-refractivity contribution in [3.63, 3.8) is 0 Å². The van der Waals surface area contributed by atoms with Crippen molar-refractivity contribution in [1.29, 1.82) is 0 Å². The number of benzene rings is 1. The van der Waals surface area contributed by atoms with Gasteiger partial charge in [-0.05, 0) is 61.1 Å². The summed E-state index contributed by atoms with van der Waals surface area (Å²) in [5.41, 5.74) is 1.34. The first-order valence-electron chi connectivity index (χ1n) is 10.00. The first-order chi connectivity index (χ1) is 14.1. The molecular weight excluding hydrogens is 404 g/mol. The zero-order valence-electron chi connectivity index (χ0n) is 16.5. The van der Waals surface area contributed by atoms with Crippen LogP contribution in [-0.2, 0) is 10.2 Å². The molecule has 1 aliphatic rings. The molecule has 0 spiro atoms. The topological polar surface area (TPSA) is 59.3 Å². The third-order valence-electron chi connectivity index (χ3n) is 5.86. The van der Waals surface area contributed by atoms with Crippen LogP contribution in [-0.4, -0.2) is 32.5 Å². The molecule has 29 heavy (non-hydrogen) atoms. The minimum absolute atomic E-state index is 0.0797. The lowest BCUT2D eigenvalue weighted by molar-refractivity contribution is -0.127. The van der Waals surface area contributed by atoms with E-state index in [1.54, 1.807) is 11.8 Å². The van der Waals surface area contributed by atoms with Crippen molar-refractivity contribution in [1.82, 2.24) is 19.9 Å². The van der Waals surface area contributed by atoms with Crippen LogP contribution in [0.5, 0.6) is 0 Å². The number of fused-ring (bicyclic) bond motifs is 1. The number of thioether (sulfide) groups is 1. The first kappa shape index (κ1) is 20.2. The summed E-state index contributed by atoms with van der Waals surface area (Å²) < 4.78 is 1.97. The molecule has 1 aliphatic carbocycles. The third kappa shape index (κ3) is 4.01. The zero-order valence-corrected chi connectivity index (χ0v) is 18.0. The summed E-state index contributed by atoms with van der Waals surface area (Å²) in [6, 6.07) is 13.4. The van der Waals surface area contributed by atoms with Gasteiger partial charge in [-0.3, -0.25) is 9.20 Å². The number of hydrogen-bond donors (Lipinski definition) is 1. The Labute approximate surface area is 180 Å². The molecule has 7 heteroatoms. The van der Waals surface area contributed by atoms with Gasteiger partial charge in [0.2, 0.25) is 5.91 Å². The van der Waals surface area contributed by atoms with Gasteiger partial charge < -0.3 is 5.32 Å². The van der Waals surface area contributed by atoms with Crippen molar-refractivity contribution in [2.75, 3.05) is 12.0 Å². The van der Waals surface area contributed by atoms with Gasteiger partial charge in [0.15, 0.2) is 11.5 Å². The van der Waals surface area contributed by atoms with Crippen LogP contribution in [0.15, 0.2) is 48.7 Å². The normalized spacial score (nSPS) is 16.8. The molecule has 5 nitrogen and oxygen atoms in total. The molecule has 152 valence electrons. The molecule has 1 saturated carbocycles. The Hall–Kier alpha value is -2.05. The Balaban J connectivity index is 1.65. The molecule has 3 aromatic rings. The highest BCUT2D eigenvalue weighted by Crippen LogP contribution is 2.42. The van der Waals surface area contributed by atoms with E-state index in [-0.39, 0.29) is 11.9 Å². The van der Waals surface area contributed by atoms with E-state index in [4.69, 9.17) is 11.6 Å². The molecule has 0 aliphatic heterocycles. The van der Waals surface area contributed by atoms with Crippen LogP contribution in [0.1, 0.15) is 49.5 Å². The maximum Gasteiger partial charge on any atom is 0.231 e. The van der Waals surface area contributed by atoms with E-state index in [0.717, 1.165) is 54.9 Å². The molecule has 4 rings (SSSR count). The maximum absolute atomic E-state index is 13.6. The van der Waals surface area contributed by atoms with Crippen LogP contribution in [0.3, 0.4) is 0 Å². The van der Waals surface area contributed by atoms with Crippen LogP contribution < -0.4 is 5.32 Å². The van der Waals surface area contributed by atoms with Gasteiger partial charge in [-0.2, -0.15) is 11.8 Å². The fourth-order valence-electron chi connectivity index (χ4n) is 4.29. The molecule has 2 heterocycles. The van der Waals surface area contributed by atoms with Crippen LogP contribution in [0.4, 0.5) is 0 Å². The lowest BCUT2D eigenvalue weighted by Gasteiger charge is -2.30. The Bertz CT molecular complexity index is 982. The molecule has 1 atom stereocenters. The molecule has 0 bridgehead atoms. The molecule has 2 aromatic heterocycles. The number of nitrogens with zero attached hydrogens (tertiary/aromatic N) is 3. The second kappa shape index (κ2) is 8.76.